The van der Waals surface area contributed by atoms with Gasteiger partial charge in [-0.3, -0.25) is 0 Å². The molecule has 1 heterocycles. The van der Waals surface area contributed by atoms with Gasteiger partial charge in [-0.05, 0) is 32.3 Å². The average Bonchev–Trinajstić information content (AvgIpc) is 2.46. The van der Waals surface area contributed by atoms with E-state index in [-0.39, 0.29) is 0 Å². The topological polar surface area (TPSA) is 58.5 Å². The zero-order valence-electron chi connectivity index (χ0n) is 13.6. The molecule has 0 amide bonds. The monoisotopic (exact) mass is 292 g/mol. The van der Waals surface area contributed by atoms with Crippen LogP contribution in [0.4, 0.5) is 0 Å². The van der Waals surface area contributed by atoms with Crippen molar-refractivity contribution in [1.29, 1.82) is 0 Å². The fraction of sp³-hybridized carbons (Fsp3) is 0.625. The number of aromatic nitrogens is 1. The molecule has 1 aromatic heterocycles. The summed E-state index contributed by atoms with van der Waals surface area (Å²) in [5, 5.41) is 6.61. The van der Waals surface area contributed by atoms with Crippen molar-refractivity contribution in [3.63, 3.8) is 0 Å². The Kier molecular flexibility index (Phi) is 8.24. The lowest BCUT2D eigenvalue weighted by molar-refractivity contribution is 0.323. The van der Waals surface area contributed by atoms with Gasteiger partial charge in [0.05, 0.1) is 13.2 Å². The second kappa shape index (κ2) is 10.0. The van der Waals surface area contributed by atoms with Gasteiger partial charge in [0.1, 0.15) is 0 Å². The van der Waals surface area contributed by atoms with Crippen LogP contribution in [0.1, 0.15) is 39.7 Å². The summed E-state index contributed by atoms with van der Waals surface area (Å²) in [6.07, 6.45) is 2.87. The third-order valence-electron chi connectivity index (χ3n) is 2.90. The van der Waals surface area contributed by atoms with Gasteiger partial charge in [0.25, 0.3) is 0 Å². The highest BCUT2D eigenvalue weighted by molar-refractivity contribution is 5.79. The highest BCUT2D eigenvalue weighted by atomic mass is 16.5. The molecule has 0 aromatic carbocycles. The van der Waals surface area contributed by atoms with E-state index in [0.29, 0.717) is 24.9 Å². The fourth-order valence-corrected chi connectivity index (χ4v) is 1.80. The molecule has 5 nitrogen and oxygen atoms in total. The average molecular weight is 292 g/mol. The summed E-state index contributed by atoms with van der Waals surface area (Å²) >= 11 is 0. The normalized spacial score (nSPS) is 11.6. The van der Waals surface area contributed by atoms with Gasteiger partial charge in [0.15, 0.2) is 5.96 Å². The first-order chi connectivity index (χ1) is 10.2. The summed E-state index contributed by atoms with van der Waals surface area (Å²) in [7, 11) is 0. The van der Waals surface area contributed by atoms with Crippen molar-refractivity contribution < 1.29 is 4.74 Å². The zero-order chi connectivity index (χ0) is 15.5. The molecule has 0 saturated carbocycles. The highest BCUT2D eigenvalue weighted by Crippen LogP contribution is 2.15. The number of rotatable bonds is 8. The van der Waals surface area contributed by atoms with Crippen LogP contribution in [0.5, 0.6) is 5.88 Å². The maximum atomic E-state index is 5.52. The lowest BCUT2D eigenvalue weighted by Gasteiger charge is -2.13. The van der Waals surface area contributed by atoms with Gasteiger partial charge in [0, 0.05) is 24.8 Å². The SMILES string of the molecule is CCNC(=NCc1cccnc1OCC)NCCC(C)C. The van der Waals surface area contributed by atoms with E-state index < -0.39 is 0 Å². The Labute approximate surface area is 128 Å². The predicted molar refractivity (Wildman–Crippen MR) is 87.7 cm³/mol. The van der Waals surface area contributed by atoms with Gasteiger partial charge in [-0.2, -0.15) is 0 Å². The number of hydrogen-bond acceptors (Lipinski definition) is 3. The number of aliphatic imine (C=N–C) groups is 1. The van der Waals surface area contributed by atoms with Gasteiger partial charge < -0.3 is 15.4 Å². The molecular formula is C16H28N4O. The molecule has 1 rings (SSSR count). The molecule has 0 aliphatic heterocycles. The van der Waals surface area contributed by atoms with E-state index in [9.17, 15) is 0 Å². The highest BCUT2D eigenvalue weighted by Gasteiger charge is 2.04. The van der Waals surface area contributed by atoms with Crippen LogP contribution < -0.4 is 15.4 Å². The van der Waals surface area contributed by atoms with E-state index in [0.717, 1.165) is 31.0 Å². The molecule has 0 saturated heterocycles. The minimum Gasteiger partial charge on any atom is -0.478 e. The van der Waals surface area contributed by atoms with E-state index in [4.69, 9.17) is 4.74 Å². The summed E-state index contributed by atoms with van der Waals surface area (Å²) in [4.78, 5) is 8.84. The summed E-state index contributed by atoms with van der Waals surface area (Å²) < 4.78 is 5.52. The standard InChI is InChI=1S/C16H28N4O/c1-5-17-16(19-11-9-13(3)4)20-12-14-8-7-10-18-15(14)21-6-2/h7-8,10,13H,5-6,9,11-12H2,1-4H3,(H2,17,19,20). The minimum atomic E-state index is 0.556. The number of ether oxygens (including phenoxy) is 1. The molecule has 2 N–H and O–H groups in total. The van der Waals surface area contributed by atoms with Crippen LogP contribution in [0.3, 0.4) is 0 Å². The lowest BCUT2D eigenvalue weighted by Crippen LogP contribution is -2.38. The van der Waals surface area contributed by atoms with Crippen LogP contribution in [0.15, 0.2) is 23.3 Å². The Morgan fingerprint density at radius 2 is 2.14 bits per heavy atom. The second-order valence-electron chi connectivity index (χ2n) is 5.21. The Morgan fingerprint density at radius 1 is 1.33 bits per heavy atom. The van der Waals surface area contributed by atoms with Crippen LogP contribution in [-0.4, -0.2) is 30.6 Å². The quantitative estimate of drug-likeness (QED) is 0.571. The summed E-state index contributed by atoms with van der Waals surface area (Å²) in [5.74, 6) is 2.19. The largest absolute Gasteiger partial charge is 0.478 e. The van der Waals surface area contributed by atoms with E-state index in [1.807, 2.05) is 19.1 Å². The number of guanidine groups is 1. The smallest absolute Gasteiger partial charge is 0.218 e. The zero-order valence-corrected chi connectivity index (χ0v) is 13.6. The Bertz CT molecular complexity index is 432. The van der Waals surface area contributed by atoms with Crippen molar-refractivity contribution in [2.45, 2.75) is 40.7 Å². The first-order valence-corrected chi connectivity index (χ1v) is 7.76. The van der Waals surface area contributed by atoms with Crippen LogP contribution >= 0.6 is 0 Å². The molecular weight excluding hydrogens is 264 g/mol. The molecule has 0 bridgehead atoms. The molecule has 0 radical (unpaired) electrons. The number of pyridine rings is 1. The maximum absolute atomic E-state index is 5.52. The van der Waals surface area contributed by atoms with Crippen LogP contribution in [0.2, 0.25) is 0 Å². The van der Waals surface area contributed by atoms with Gasteiger partial charge in [-0.25, -0.2) is 9.98 Å². The van der Waals surface area contributed by atoms with Crippen molar-refractivity contribution in [3.05, 3.63) is 23.9 Å². The number of nitrogens with one attached hydrogen (secondary N) is 2. The molecule has 0 aliphatic carbocycles. The van der Waals surface area contributed by atoms with Crippen molar-refractivity contribution in [2.24, 2.45) is 10.9 Å². The Morgan fingerprint density at radius 3 is 2.81 bits per heavy atom. The van der Waals surface area contributed by atoms with Gasteiger partial charge in [0.2, 0.25) is 5.88 Å². The molecule has 118 valence electrons. The van der Waals surface area contributed by atoms with Gasteiger partial charge in [-0.15, -0.1) is 0 Å². The third kappa shape index (κ3) is 6.97. The van der Waals surface area contributed by atoms with Crippen LogP contribution in [0, 0.1) is 5.92 Å². The first kappa shape index (κ1) is 17.3. The Balaban J connectivity index is 2.64. The fourth-order valence-electron chi connectivity index (χ4n) is 1.80. The molecule has 0 fully saturated rings. The molecule has 5 heteroatoms. The molecule has 0 unspecified atom stereocenters. The van der Waals surface area contributed by atoms with Crippen LogP contribution in [0.25, 0.3) is 0 Å². The molecule has 0 aliphatic rings. The summed E-state index contributed by atoms with van der Waals surface area (Å²) in [6, 6.07) is 3.91. The van der Waals surface area contributed by atoms with E-state index >= 15 is 0 Å². The second-order valence-corrected chi connectivity index (χ2v) is 5.21. The summed E-state index contributed by atoms with van der Waals surface area (Å²) in [6.45, 7) is 11.4. The molecule has 1 aromatic rings. The van der Waals surface area contributed by atoms with E-state index in [2.05, 4.69) is 41.4 Å². The number of nitrogens with zero attached hydrogens (tertiary/aromatic N) is 2. The predicted octanol–water partition coefficient (Wildman–Crippen LogP) is 2.58. The lowest BCUT2D eigenvalue weighted by atomic mass is 10.1. The van der Waals surface area contributed by atoms with Crippen molar-refractivity contribution >= 4 is 5.96 Å². The molecule has 0 spiro atoms. The van der Waals surface area contributed by atoms with Crippen molar-refractivity contribution in [3.8, 4) is 5.88 Å². The van der Waals surface area contributed by atoms with Gasteiger partial charge >= 0.3 is 0 Å². The first-order valence-electron chi connectivity index (χ1n) is 7.76. The number of hydrogen-bond donors (Lipinski definition) is 2. The van der Waals surface area contributed by atoms with E-state index in [1.54, 1.807) is 6.20 Å². The minimum absolute atomic E-state index is 0.556. The molecule has 21 heavy (non-hydrogen) atoms. The van der Waals surface area contributed by atoms with Crippen LogP contribution in [-0.2, 0) is 6.54 Å². The van der Waals surface area contributed by atoms with Crippen molar-refractivity contribution in [1.82, 2.24) is 15.6 Å². The van der Waals surface area contributed by atoms with Crippen molar-refractivity contribution in [2.75, 3.05) is 19.7 Å². The summed E-state index contributed by atoms with van der Waals surface area (Å²) in [5.41, 5.74) is 1.00. The maximum Gasteiger partial charge on any atom is 0.218 e. The Hall–Kier alpha value is -1.78. The van der Waals surface area contributed by atoms with Gasteiger partial charge in [-0.1, -0.05) is 19.9 Å². The molecule has 0 atom stereocenters. The van der Waals surface area contributed by atoms with E-state index in [1.165, 1.54) is 0 Å². The third-order valence-corrected chi connectivity index (χ3v) is 2.90.